The zero-order valence-corrected chi connectivity index (χ0v) is 13.1. The van der Waals surface area contributed by atoms with Crippen molar-refractivity contribution in [3.05, 3.63) is 35.6 Å². The van der Waals surface area contributed by atoms with Crippen molar-refractivity contribution in [2.45, 2.75) is 12.8 Å². The SMILES string of the molecule is O=C(c1ccc(F)cc1)N1CCN(C(=O)C2CCCNC2)CC1. The zero-order valence-electron chi connectivity index (χ0n) is 13.1. The van der Waals surface area contributed by atoms with Gasteiger partial charge in [-0.3, -0.25) is 9.59 Å². The molecule has 1 atom stereocenters. The maximum Gasteiger partial charge on any atom is 0.253 e. The molecule has 5 nitrogen and oxygen atoms in total. The number of piperidine rings is 1. The summed E-state index contributed by atoms with van der Waals surface area (Å²) in [6, 6.07) is 5.60. The van der Waals surface area contributed by atoms with Crippen LogP contribution in [0.25, 0.3) is 0 Å². The van der Waals surface area contributed by atoms with E-state index in [-0.39, 0.29) is 23.5 Å². The molecule has 1 unspecified atom stereocenters. The second kappa shape index (κ2) is 7.08. The topological polar surface area (TPSA) is 52.7 Å². The molecule has 2 fully saturated rings. The lowest BCUT2D eigenvalue weighted by Gasteiger charge is -2.37. The first-order valence-electron chi connectivity index (χ1n) is 8.19. The van der Waals surface area contributed by atoms with Gasteiger partial charge in [-0.25, -0.2) is 4.39 Å². The fraction of sp³-hybridized carbons (Fsp3) is 0.529. The third kappa shape index (κ3) is 3.69. The number of rotatable bonds is 2. The molecule has 0 saturated carbocycles. The van der Waals surface area contributed by atoms with Gasteiger partial charge in [-0.2, -0.15) is 0 Å². The molecule has 3 rings (SSSR count). The molecular weight excluding hydrogens is 297 g/mol. The van der Waals surface area contributed by atoms with Gasteiger partial charge < -0.3 is 15.1 Å². The highest BCUT2D eigenvalue weighted by atomic mass is 19.1. The molecule has 2 aliphatic heterocycles. The molecule has 1 aromatic carbocycles. The van der Waals surface area contributed by atoms with E-state index in [1.54, 1.807) is 4.90 Å². The number of carbonyl (C=O) groups excluding carboxylic acids is 2. The Balaban J connectivity index is 1.54. The Bertz CT molecular complexity index is 562. The molecule has 6 heteroatoms. The number of hydrogen-bond acceptors (Lipinski definition) is 3. The molecular formula is C17H22FN3O2. The van der Waals surface area contributed by atoms with Crippen molar-refractivity contribution in [3.63, 3.8) is 0 Å². The monoisotopic (exact) mass is 319 g/mol. The Labute approximate surface area is 135 Å². The molecule has 0 bridgehead atoms. The standard InChI is InChI=1S/C17H22FN3O2/c18-15-5-3-13(4-6-15)16(22)20-8-10-21(11-9-20)17(23)14-2-1-7-19-12-14/h3-6,14,19H,1-2,7-12H2. The Morgan fingerprint density at radius 3 is 2.30 bits per heavy atom. The van der Waals surface area contributed by atoms with Crippen LogP contribution in [0.5, 0.6) is 0 Å². The quantitative estimate of drug-likeness (QED) is 0.888. The maximum absolute atomic E-state index is 12.9. The molecule has 1 aromatic rings. The van der Waals surface area contributed by atoms with Crippen molar-refractivity contribution in [3.8, 4) is 0 Å². The summed E-state index contributed by atoms with van der Waals surface area (Å²) in [6.07, 6.45) is 1.99. The van der Waals surface area contributed by atoms with Crippen LogP contribution in [0.3, 0.4) is 0 Å². The van der Waals surface area contributed by atoms with Crippen molar-refractivity contribution < 1.29 is 14.0 Å². The first kappa shape index (κ1) is 15.9. The van der Waals surface area contributed by atoms with E-state index in [0.717, 1.165) is 25.9 Å². The zero-order chi connectivity index (χ0) is 16.2. The van der Waals surface area contributed by atoms with Gasteiger partial charge >= 0.3 is 0 Å². The normalized spacial score (nSPS) is 22.0. The Kier molecular flexibility index (Phi) is 4.91. The number of hydrogen-bond donors (Lipinski definition) is 1. The van der Waals surface area contributed by atoms with E-state index in [2.05, 4.69) is 5.32 Å². The maximum atomic E-state index is 12.9. The molecule has 2 saturated heterocycles. The lowest BCUT2D eigenvalue weighted by Crippen LogP contribution is -2.53. The molecule has 23 heavy (non-hydrogen) atoms. The summed E-state index contributed by atoms with van der Waals surface area (Å²) in [5, 5.41) is 3.27. The molecule has 0 radical (unpaired) electrons. The number of halogens is 1. The second-order valence-corrected chi connectivity index (χ2v) is 6.17. The second-order valence-electron chi connectivity index (χ2n) is 6.17. The van der Waals surface area contributed by atoms with E-state index < -0.39 is 0 Å². The number of carbonyl (C=O) groups is 2. The number of nitrogens with zero attached hydrogens (tertiary/aromatic N) is 2. The van der Waals surface area contributed by atoms with Gasteiger partial charge in [-0.05, 0) is 43.7 Å². The fourth-order valence-electron chi connectivity index (χ4n) is 3.23. The average molecular weight is 319 g/mol. The summed E-state index contributed by atoms with van der Waals surface area (Å²) in [5.74, 6) is -0.177. The fourth-order valence-corrected chi connectivity index (χ4v) is 3.23. The minimum atomic E-state index is -0.349. The summed E-state index contributed by atoms with van der Waals surface area (Å²) in [6.45, 7) is 3.95. The highest BCUT2D eigenvalue weighted by molar-refractivity contribution is 5.94. The average Bonchev–Trinajstić information content (AvgIpc) is 2.62. The van der Waals surface area contributed by atoms with Crippen LogP contribution in [0.4, 0.5) is 4.39 Å². The predicted octanol–water partition coefficient (Wildman–Crippen LogP) is 1.11. The van der Waals surface area contributed by atoms with Gasteiger partial charge in [-0.15, -0.1) is 0 Å². The van der Waals surface area contributed by atoms with E-state index in [1.807, 2.05) is 4.90 Å². The van der Waals surface area contributed by atoms with Crippen molar-refractivity contribution in [2.75, 3.05) is 39.3 Å². The van der Waals surface area contributed by atoms with Crippen LogP contribution in [0.1, 0.15) is 23.2 Å². The third-order valence-electron chi connectivity index (χ3n) is 4.62. The van der Waals surface area contributed by atoms with Crippen molar-refractivity contribution in [1.29, 1.82) is 0 Å². The van der Waals surface area contributed by atoms with Gasteiger partial charge in [0.25, 0.3) is 5.91 Å². The highest BCUT2D eigenvalue weighted by Gasteiger charge is 2.29. The first-order valence-corrected chi connectivity index (χ1v) is 8.19. The van der Waals surface area contributed by atoms with Gasteiger partial charge in [0.1, 0.15) is 5.82 Å². The molecule has 2 amide bonds. The lowest BCUT2D eigenvalue weighted by molar-refractivity contribution is -0.137. The highest BCUT2D eigenvalue weighted by Crippen LogP contribution is 2.16. The Hall–Kier alpha value is -1.95. The summed E-state index contributed by atoms with van der Waals surface area (Å²) in [7, 11) is 0. The molecule has 2 heterocycles. The minimum absolute atomic E-state index is 0.0723. The van der Waals surface area contributed by atoms with Crippen LogP contribution in [-0.4, -0.2) is 60.9 Å². The van der Waals surface area contributed by atoms with E-state index in [4.69, 9.17) is 0 Å². The van der Waals surface area contributed by atoms with Crippen molar-refractivity contribution in [2.24, 2.45) is 5.92 Å². The van der Waals surface area contributed by atoms with Crippen molar-refractivity contribution in [1.82, 2.24) is 15.1 Å². The van der Waals surface area contributed by atoms with Crippen LogP contribution in [0.2, 0.25) is 0 Å². The number of benzene rings is 1. The Morgan fingerprint density at radius 2 is 1.70 bits per heavy atom. The molecule has 0 aliphatic carbocycles. The first-order chi connectivity index (χ1) is 11.1. The van der Waals surface area contributed by atoms with Gasteiger partial charge in [0, 0.05) is 38.3 Å². The molecule has 0 spiro atoms. The number of amides is 2. The number of piperazine rings is 1. The smallest absolute Gasteiger partial charge is 0.253 e. The Morgan fingerprint density at radius 1 is 1.04 bits per heavy atom. The van der Waals surface area contributed by atoms with Crippen LogP contribution >= 0.6 is 0 Å². The largest absolute Gasteiger partial charge is 0.339 e. The lowest BCUT2D eigenvalue weighted by atomic mass is 9.98. The molecule has 1 N–H and O–H groups in total. The van der Waals surface area contributed by atoms with Gasteiger partial charge in [0.05, 0.1) is 5.92 Å². The van der Waals surface area contributed by atoms with E-state index in [0.29, 0.717) is 31.7 Å². The summed E-state index contributed by atoms with van der Waals surface area (Å²) in [4.78, 5) is 28.5. The molecule has 0 aromatic heterocycles. The summed E-state index contributed by atoms with van der Waals surface area (Å²) < 4.78 is 12.9. The van der Waals surface area contributed by atoms with E-state index >= 15 is 0 Å². The van der Waals surface area contributed by atoms with E-state index in [9.17, 15) is 14.0 Å². The van der Waals surface area contributed by atoms with Crippen LogP contribution in [-0.2, 0) is 4.79 Å². The molecule has 124 valence electrons. The van der Waals surface area contributed by atoms with Crippen LogP contribution in [0, 0.1) is 11.7 Å². The van der Waals surface area contributed by atoms with Crippen LogP contribution in [0.15, 0.2) is 24.3 Å². The van der Waals surface area contributed by atoms with Gasteiger partial charge in [0.15, 0.2) is 0 Å². The summed E-state index contributed by atoms with van der Waals surface area (Å²) >= 11 is 0. The van der Waals surface area contributed by atoms with Gasteiger partial charge in [-0.1, -0.05) is 0 Å². The van der Waals surface area contributed by atoms with Crippen LogP contribution < -0.4 is 5.32 Å². The minimum Gasteiger partial charge on any atom is -0.339 e. The van der Waals surface area contributed by atoms with Crippen molar-refractivity contribution >= 4 is 11.8 Å². The molecule has 2 aliphatic rings. The van der Waals surface area contributed by atoms with E-state index in [1.165, 1.54) is 24.3 Å². The summed E-state index contributed by atoms with van der Waals surface area (Å²) in [5.41, 5.74) is 0.489. The van der Waals surface area contributed by atoms with Gasteiger partial charge in [0.2, 0.25) is 5.91 Å². The third-order valence-corrected chi connectivity index (χ3v) is 4.62. The number of nitrogens with one attached hydrogen (secondary N) is 1. The predicted molar refractivity (Wildman–Crippen MR) is 84.5 cm³/mol.